The molecule has 0 aliphatic carbocycles. The predicted octanol–water partition coefficient (Wildman–Crippen LogP) is 4.29. The Morgan fingerprint density at radius 2 is 2.33 bits per heavy atom. The number of nitriles is 1. The number of nitrogens with zero attached hydrogens (tertiary/aromatic N) is 1. The highest BCUT2D eigenvalue weighted by atomic mass is 32.2. The summed E-state index contributed by atoms with van der Waals surface area (Å²) in [4.78, 5) is 1.19. The van der Waals surface area contributed by atoms with E-state index in [1.807, 2.05) is 11.5 Å². The Labute approximate surface area is 95.8 Å². The smallest absolute Gasteiger partial charge is 0.0952 e. The first kappa shape index (κ1) is 11.9. The quantitative estimate of drug-likeness (QED) is 0.554. The second-order valence-electron chi connectivity index (χ2n) is 3.44. The fourth-order valence-corrected chi connectivity index (χ4v) is 2.10. The van der Waals surface area contributed by atoms with Crippen molar-refractivity contribution >= 4 is 11.8 Å². The van der Waals surface area contributed by atoms with Crippen LogP contribution in [0.5, 0.6) is 0 Å². The summed E-state index contributed by atoms with van der Waals surface area (Å²) in [6.45, 7) is 4.16. The van der Waals surface area contributed by atoms with Gasteiger partial charge in [0.15, 0.2) is 0 Å². The summed E-state index contributed by atoms with van der Waals surface area (Å²) in [6.07, 6.45) is 1.89. The summed E-state index contributed by atoms with van der Waals surface area (Å²) < 4.78 is 0. The van der Waals surface area contributed by atoms with Crippen LogP contribution in [0.3, 0.4) is 0 Å². The molecule has 0 heterocycles. The van der Waals surface area contributed by atoms with Gasteiger partial charge in [-0.25, -0.2) is 0 Å². The second kappa shape index (κ2) is 6.31. The van der Waals surface area contributed by atoms with Crippen molar-refractivity contribution in [3.63, 3.8) is 0 Å². The highest BCUT2D eigenvalue weighted by molar-refractivity contribution is 8.02. The molecule has 1 aromatic rings. The molecule has 0 unspecified atom stereocenters. The number of allylic oxidation sites excluding steroid dienone is 1. The van der Waals surface area contributed by atoms with E-state index >= 15 is 0 Å². The number of thioether (sulfide) groups is 1. The van der Waals surface area contributed by atoms with Crippen molar-refractivity contribution in [2.45, 2.75) is 31.6 Å². The monoisotopic (exact) mass is 217 g/mol. The Bertz CT molecular complexity index is 388. The Hall–Kier alpha value is -1.20. The summed E-state index contributed by atoms with van der Waals surface area (Å²) >= 11 is 1.62. The first-order chi connectivity index (χ1) is 7.26. The van der Waals surface area contributed by atoms with Crippen LogP contribution in [-0.2, 0) is 0 Å². The van der Waals surface area contributed by atoms with Gasteiger partial charge in [0.25, 0.3) is 0 Å². The highest BCUT2D eigenvalue weighted by Crippen LogP contribution is 2.22. The maximum atomic E-state index is 8.86. The molecule has 0 atom stereocenters. The summed E-state index contributed by atoms with van der Waals surface area (Å²) in [6, 6.07) is 10.5. The third-order valence-electron chi connectivity index (χ3n) is 1.99. The minimum Gasteiger partial charge on any atom is -0.193 e. The van der Waals surface area contributed by atoms with Crippen LogP contribution in [0.2, 0.25) is 0 Å². The summed E-state index contributed by atoms with van der Waals surface area (Å²) in [5.41, 5.74) is 2.12. The molecule has 0 aromatic heterocycles. The number of hydrogen-bond donors (Lipinski definition) is 0. The number of aryl methyl sites for hydroxylation is 1. The molecule has 0 radical (unpaired) electrons. The molecule has 1 aromatic carbocycles. The molecule has 0 spiro atoms. The first-order valence-corrected chi connectivity index (χ1v) is 5.96. The zero-order chi connectivity index (χ0) is 11.1. The average Bonchev–Trinajstić information content (AvgIpc) is 2.24. The molecule has 2 heteroatoms. The van der Waals surface area contributed by atoms with Gasteiger partial charge in [0.2, 0.25) is 0 Å². The van der Waals surface area contributed by atoms with Crippen molar-refractivity contribution < 1.29 is 0 Å². The van der Waals surface area contributed by atoms with Crippen LogP contribution in [0.4, 0.5) is 0 Å². The van der Waals surface area contributed by atoms with Crippen LogP contribution in [-0.4, -0.2) is 0 Å². The Kier molecular flexibility index (Phi) is 5.00. The molecule has 0 fully saturated rings. The molecule has 0 N–H and O–H groups in total. The Morgan fingerprint density at radius 3 is 2.93 bits per heavy atom. The van der Waals surface area contributed by atoms with Crippen molar-refractivity contribution in [2.75, 3.05) is 0 Å². The van der Waals surface area contributed by atoms with E-state index in [1.54, 1.807) is 11.8 Å². The zero-order valence-electron chi connectivity index (χ0n) is 9.16. The lowest BCUT2D eigenvalue weighted by Gasteiger charge is -1.99. The molecule has 0 saturated heterocycles. The van der Waals surface area contributed by atoms with Gasteiger partial charge in [-0.2, -0.15) is 5.26 Å². The largest absolute Gasteiger partial charge is 0.193 e. The van der Waals surface area contributed by atoms with Crippen molar-refractivity contribution in [1.29, 1.82) is 5.26 Å². The normalized spacial score (nSPS) is 11.1. The van der Waals surface area contributed by atoms with Gasteiger partial charge < -0.3 is 0 Å². The van der Waals surface area contributed by atoms with Crippen molar-refractivity contribution in [3.8, 4) is 6.07 Å². The van der Waals surface area contributed by atoms with E-state index in [0.717, 1.165) is 18.4 Å². The molecule has 0 aliphatic heterocycles. The summed E-state index contributed by atoms with van der Waals surface area (Å²) in [5.74, 6) is 0. The molecule has 0 aliphatic rings. The Morgan fingerprint density at radius 1 is 1.53 bits per heavy atom. The third kappa shape index (κ3) is 4.22. The van der Waals surface area contributed by atoms with Gasteiger partial charge in [-0.3, -0.25) is 0 Å². The van der Waals surface area contributed by atoms with Crippen LogP contribution < -0.4 is 0 Å². The van der Waals surface area contributed by atoms with Crippen LogP contribution in [0.15, 0.2) is 40.1 Å². The molecule has 0 saturated carbocycles. The first-order valence-electron chi connectivity index (χ1n) is 5.08. The van der Waals surface area contributed by atoms with Crippen molar-refractivity contribution in [3.05, 3.63) is 40.8 Å². The molecule has 0 amide bonds. The maximum absolute atomic E-state index is 8.86. The van der Waals surface area contributed by atoms with Gasteiger partial charge >= 0.3 is 0 Å². The molecule has 15 heavy (non-hydrogen) atoms. The zero-order valence-corrected chi connectivity index (χ0v) is 9.97. The third-order valence-corrected chi connectivity index (χ3v) is 2.92. The molecule has 78 valence electrons. The van der Waals surface area contributed by atoms with Crippen LogP contribution in [0.1, 0.15) is 25.3 Å². The lowest BCUT2D eigenvalue weighted by Crippen LogP contribution is -1.77. The Balaban J connectivity index is 2.66. The van der Waals surface area contributed by atoms with Crippen LogP contribution in [0, 0.1) is 18.3 Å². The van der Waals surface area contributed by atoms with E-state index < -0.39 is 0 Å². The molecule has 0 bridgehead atoms. The van der Waals surface area contributed by atoms with Gasteiger partial charge in [-0.05, 0) is 30.9 Å². The van der Waals surface area contributed by atoms with E-state index in [9.17, 15) is 0 Å². The van der Waals surface area contributed by atoms with Crippen LogP contribution in [0.25, 0.3) is 0 Å². The predicted molar refractivity (Wildman–Crippen MR) is 65.6 cm³/mol. The van der Waals surface area contributed by atoms with E-state index in [0.29, 0.717) is 0 Å². The number of benzene rings is 1. The minimum atomic E-state index is 0.865. The molecular weight excluding hydrogens is 202 g/mol. The molecular formula is C13H15NS. The fourth-order valence-electron chi connectivity index (χ4n) is 1.24. The van der Waals surface area contributed by atoms with E-state index in [-0.39, 0.29) is 0 Å². The standard InChI is InChI=1S/C13H15NS/c1-3-5-12(9-14)10-15-13-7-4-6-11(2)8-13/h4,6-8,10H,3,5H2,1-2H3. The lowest BCUT2D eigenvalue weighted by molar-refractivity contribution is 0.931. The van der Waals surface area contributed by atoms with Gasteiger partial charge in [0.05, 0.1) is 6.07 Å². The number of rotatable bonds is 4. The van der Waals surface area contributed by atoms with Gasteiger partial charge in [-0.15, -0.1) is 0 Å². The van der Waals surface area contributed by atoms with Gasteiger partial charge in [0.1, 0.15) is 0 Å². The van der Waals surface area contributed by atoms with Crippen molar-refractivity contribution in [1.82, 2.24) is 0 Å². The lowest BCUT2D eigenvalue weighted by atomic mass is 10.2. The SMILES string of the molecule is CCCC(C#N)=CSc1cccc(C)c1. The topological polar surface area (TPSA) is 23.8 Å². The maximum Gasteiger partial charge on any atom is 0.0952 e. The van der Waals surface area contributed by atoms with Crippen LogP contribution >= 0.6 is 11.8 Å². The van der Waals surface area contributed by atoms with Crippen molar-refractivity contribution in [2.24, 2.45) is 0 Å². The fraction of sp³-hybridized carbons (Fsp3) is 0.308. The molecule has 1 rings (SSSR count). The van der Waals surface area contributed by atoms with Gasteiger partial charge in [0, 0.05) is 10.5 Å². The number of hydrogen-bond acceptors (Lipinski definition) is 2. The minimum absolute atomic E-state index is 0.865. The van der Waals surface area contributed by atoms with E-state index in [2.05, 4.69) is 38.1 Å². The van der Waals surface area contributed by atoms with Gasteiger partial charge in [-0.1, -0.05) is 42.8 Å². The summed E-state index contributed by atoms with van der Waals surface area (Å²) in [5, 5.41) is 10.8. The van der Waals surface area contributed by atoms with E-state index in [4.69, 9.17) is 5.26 Å². The van der Waals surface area contributed by atoms with E-state index in [1.165, 1.54) is 10.5 Å². The average molecular weight is 217 g/mol. The summed E-state index contributed by atoms with van der Waals surface area (Å²) in [7, 11) is 0. The second-order valence-corrected chi connectivity index (χ2v) is 4.38. The highest BCUT2D eigenvalue weighted by Gasteiger charge is 1.95. The molecule has 1 nitrogen and oxygen atoms in total.